The predicted octanol–water partition coefficient (Wildman–Crippen LogP) is 2.77. The largest absolute Gasteiger partial charge is 0.269 e. The second-order valence-corrected chi connectivity index (χ2v) is 3.10. The highest BCUT2D eigenvalue weighted by Crippen LogP contribution is 2.14. The van der Waals surface area contributed by atoms with Gasteiger partial charge in [-0.25, -0.2) is 0 Å². The van der Waals surface area contributed by atoms with Gasteiger partial charge in [-0.15, -0.1) is 11.6 Å². The third-order valence-electron chi connectivity index (χ3n) is 1.72. The monoisotopic (exact) mass is 199 g/mol. The lowest BCUT2D eigenvalue weighted by atomic mass is 10.1. The van der Waals surface area contributed by atoms with Crippen LogP contribution in [0.15, 0.2) is 24.3 Å². The molecule has 0 N–H and O–H groups in total. The first-order chi connectivity index (χ1) is 6.24. The van der Waals surface area contributed by atoms with Crippen molar-refractivity contribution in [3.05, 3.63) is 39.9 Å². The van der Waals surface area contributed by atoms with E-state index in [0.717, 1.165) is 18.4 Å². The van der Waals surface area contributed by atoms with Crippen LogP contribution in [0.5, 0.6) is 0 Å². The molecular weight excluding hydrogens is 190 g/mol. The van der Waals surface area contributed by atoms with Crippen molar-refractivity contribution in [3.8, 4) is 0 Å². The lowest BCUT2D eigenvalue weighted by molar-refractivity contribution is -0.384. The average Bonchev–Trinajstić information content (AvgIpc) is 2.15. The summed E-state index contributed by atoms with van der Waals surface area (Å²) in [6.07, 6.45) is 1.65. The number of hydrogen-bond acceptors (Lipinski definition) is 2. The summed E-state index contributed by atoms with van der Waals surface area (Å²) in [6.45, 7) is 0. The minimum Gasteiger partial charge on any atom is -0.258 e. The van der Waals surface area contributed by atoms with Crippen molar-refractivity contribution in [3.63, 3.8) is 0 Å². The molecule has 0 aliphatic carbocycles. The quantitative estimate of drug-likeness (QED) is 0.425. The van der Waals surface area contributed by atoms with Crippen LogP contribution < -0.4 is 0 Å². The fraction of sp³-hybridized carbons (Fsp3) is 0.333. The van der Waals surface area contributed by atoms with Crippen molar-refractivity contribution in [1.82, 2.24) is 0 Å². The van der Waals surface area contributed by atoms with Gasteiger partial charge in [0.25, 0.3) is 5.69 Å². The Kier molecular flexibility index (Phi) is 3.71. The molecule has 3 nitrogen and oxygen atoms in total. The molecule has 4 heteroatoms. The van der Waals surface area contributed by atoms with Gasteiger partial charge in [0.15, 0.2) is 0 Å². The molecule has 70 valence electrons. The number of alkyl halides is 1. The van der Waals surface area contributed by atoms with Crippen LogP contribution in [0, 0.1) is 10.1 Å². The Morgan fingerprint density at radius 3 is 2.85 bits per heavy atom. The molecule has 0 saturated heterocycles. The zero-order chi connectivity index (χ0) is 9.68. The standard InChI is InChI=1S/C9H10ClNO2/c10-6-2-4-8-3-1-5-9(7-8)11(12)13/h1,3,5,7H,2,4,6H2. The second kappa shape index (κ2) is 4.82. The van der Waals surface area contributed by atoms with Crippen LogP contribution in [0.3, 0.4) is 0 Å². The first-order valence-corrected chi connectivity index (χ1v) is 4.57. The minimum atomic E-state index is -0.385. The Labute approximate surface area is 81.5 Å². The number of benzene rings is 1. The number of nitrogens with zero attached hydrogens (tertiary/aromatic N) is 1. The van der Waals surface area contributed by atoms with Gasteiger partial charge in [-0.1, -0.05) is 12.1 Å². The molecule has 0 amide bonds. The SMILES string of the molecule is O=[N+]([O-])c1cccc(CCCCl)c1. The molecule has 1 aromatic carbocycles. The molecule has 0 bridgehead atoms. The third kappa shape index (κ3) is 3.03. The number of non-ortho nitro benzene ring substituents is 1. The minimum absolute atomic E-state index is 0.145. The molecule has 13 heavy (non-hydrogen) atoms. The highest BCUT2D eigenvalue weighted by atomic mass is 35.5. The van der Waals surface area contributed by atoms with Crippen molar-refractivity contribution < 1.29 is 4.92 Å². The second-order valence-electron chi connectivity index (χ2n) is 2.72. The van der Waals surface area contributed by atoms with E-state index in [1.54, 1.807) is 12.1 Å². The number of hydrogen-bond donors (Lipinski definition) is 0. The fourth-order valence-electron chi connectivity index (χ4n) is 1.10. The Bertz CT molecular complexity index is 301. The predicted molar refractivity (Wildman–Crippen MR) is 52.1 cm³/mol. The third-order valence-corrected chi connectivity index (χ3v) is 1.99. The molecule has 0 fully saturated rings. The van der Waals surface area contributed by atoms with E-state index in [9.17, 15) is 10.1 Å². The molecule has 0 unspecified atom stereocenters. The molecule has 0 spiro atoms. The van der Waals surface area contributed by atoms with Crippen molar-refractivity contribution >= 4 is 17.3 Å². The van der Waals surface area contributed by atoms with Crippen molar-refractivity contribution in [2.24, 2.45) is 0 Å². The van der Waals surface area contributed by atoms with Gasteiger partial charge < -0.3 is 0 Å². The average molecular weight is 200 g/mol. The van der Waals surface area contributed by atoms with Gasteiger partial charge in [0.2, 0.25) is 0 Å². The number of nitro benzene ring substituents is 1. The Morgan fingerprint density at radius 2 is 2.23 bits per heavy atom. The first-order valence-electron chi connectivity index (χ1n) is 4.03. The maximum atomic E-state index is 10.4. The number of aryl methyl sites for hydroxylation is 1. The molecule has 0 aliphatic heterocycles. The molecule has 0 heterocycles. The zero-order valence-corrected chi connectivity index (χ0v) is 7.83. The van der Waals surface area contributed by atoms with E-state index in [1.807, 2.05) is 6.07 Å². The zero-order valence-electron chi connectivity index (χ0n) is 7.07. The summed E-state index contributed by atoms with van der Waals surface area (Å²) in [4.78, 5) is 10.0. The molecule has 0 aliphatic rings. The summed E-state index contributed by atoms with van der Waals surface area (Å²) in [5.41, 5.74) is 1.11. The van der Waals surface area contributed by atoms with Gasteiger partial charge >= 0.3 is 0 Å². The van der Waals surface area contributed by atoms with Crippen LogP contribution in [0.4, 0.5) is 5.69 Å². The van der Waals surface area contributed by atoms with E-state index >= 15 is 0 Å². The molecule has 0 radical (unpaired) electrons. The van der Waals surface area contributed by atoms with Gasteiger partial charge in [-0.2, -0.15) is 0 Å². The van der Waals surface area contributed by atoms with Crippen LogP contribution >= 0.6 is 11.6 Å². The summed E-state index contributed by atoms with van der Waals surface area (Å²) in [5, 5.41) is 10.4. The summed E-state index contributed by atoms with van der Waals surface area (Å²) in [7, 11) is 0. The van der Waals surface area contributed by atoms with E-state index in [0.29, 0.717) is 5.88 Å². The van der Waals surface area contributed by atoms with E-state index in [4.69, 9.17) is 11.6 Å². The fourth-order valence-corrected chi connectivity index (χ4v) is 1.23. The van der Waals surface area contributed by atoms with E-state index in [2.05, 4.69) is 0 Å². The van der Waals surface area contributed by atoms with Crippen LogP contribution in [0.25, 0.3) is 0 Å². The highest BCUT2D eigenvalue weighted by molar-refractivity contribution is 6.17. The summed E-state index contributed by atoms with van der Waals surface area (Å²) >= 11 is 5.52. The smallest absolute Gasteiger partial charge is 0.258 e. The molecular formula is C9H10ClNO2. The maximum absolute atomic E-state index is 10.4. The molecule has 1 rings (SSSR count). The van der Waals surface area contributed by atoms with Gasteiger partial charge in [0, 0.05) is 18.0 Å². The Balaban J connectivity index is 2.73. The lowest BCUT2D eigenvalue weighted by Crippen LogP contribution is -1.91. The normalized spacial score (nSPS) is 9.92. The summed E-state index contributed by atoms with van der Waals surface area (Å²) in [6, 6.07) is 6.65. The Hall–Kier alpha value is -1.09. The van der Waals surface area contributed by atoms with Crippen LogP contribution in [0.2, 0.25) is 0 Å². The first kappa shape index (κ1) is 9.99. The summed E-state index contributed by atoms with van der Waals surface area (Å²) < 4.78 is 0. The van der Waals surface area contributed by atoms with Gasteiger partial charge in [0.1, 0.15) is 0 Å². The number of halogens is 1. The lowest BCUT2D eigenvalue weighted by Gasteiger charge is -1.98. The van der Waals surface area contributed by atoms with Crippen LogP contribution in [0.1, 0.15) is 12.0 Å². The highest BCUT2D eigenvalue weighted by Gasteiger charge is 2.04. The van der Waals surface area contributed by atoms with Crippen LogP contribution in [-0.2, 0) is 6.42 Å². The van der Waals surface area contributed by atoms with Crippen molar-refractivity contribution in [2.75, 3.05) is 5.88 Å². The van der Waals surface area contributed by atoms with Crippen molar-refractivity contribution in [2.45, 2.75) is 12.8 Å². The maximum Gasteiger partial charge on any atom is 0.269 e. The van der Waals surface area contributed by atoms with Crippen molar-refractivity contribution in [1.29, 1.82) is 0 Å². The van der Waals surface area contributed by atoms with Gasteiger partial charge in [-0.05, 0) is 18.4 Å². The molecule has 0 aromatic heterocycles. The molecule has 0 saturated carbocycles. The molecule has 0 atom stereocenters. The van der Waals surface area contributed by atoms with E-state index in [-0.39, 0.29) is 10.6 Å². The summed E-state index contributed by atoms with van der Waals surface area (Å²) in [5.74, 6) is 0.586. The number of nitro groups is 1. The van der Waals surface area contributed by atoms with E-state index in [1.165, 1.54) is 6.07 Å². The van der Waals surface area contributed by atoms with E-state index < -0.39 is 0 Å². The Morgan fingerprint density at radius 1 is 1.46 bits per heavy atom. The van der Waals surface area contributed by atoms with Gasteiger partial charge in [0.05, 0.1) is 4.92 Å². The van der Waals surface area contributed by atoms with Gasteiger partial charge in [-0.3, -0.25) is 10.1 Å². The topological polar surface area (TPSA) is 43.1 Å². The van der Waals surface area contributed by atoms with Crippen LogP contribution in [-0.4, -0.2) is 10.8 Å². The molecule has 1 aromatic rings. The number of rotatable bonds is 4.